The number of fused-ring (bicyclic) bond motifs is 1. The lowest BCUT2D eigenvalue weighted by Crippen LogP contribution is -2.48. The van der Waals surface area contributed by atoms with Crippen LogP contribution in [0.25, 0.3) is 0 Å². The van der Waals surface area contributed by atoms with E-state index in [-0.39, 0.29) is 18.2 Å². The molecule has 2 fully saturated rings. The van der Waals surface area contributed by atoms with Gasteiger partial charge in [0.1, 0.15) is 6.23 Å². The van der Waals surface area contributed by atoms with Crippen LogP contribution in [0.3, 0.4) is 0 Å². The summed E-state index contributed by atoms with van der Waals surface area (Å²) in [7, 11) is 0. The van der Waals surface area contributed by atoms with Gasteiger partial charge in [0.15, 0.2) is 0 Å². The van der Waals surface area contributed by atoms with E-state index in [2.05, 4.69) is 24.3 Å². The third kappa shape index (κ3) is 2.33. The first kappa shape index (κ1) is 11.1. The molecule has 0 saturated carbocycles. The highest BCUT2D eigenvalue weighted by Gasteiger charge is 2.44. The van der Waals surface area contributed by atoms with E-state index >= 15 is 0 Å². The number of hydrogen-bond donors (Lipinski definition) is 0. The summed E-state index contributed by atoms with van der Waals surface area (Å²) in [5.74, 6) is 2.22. The van der Waals surface area contributed by atoms with Crippen molar-refractivity contribution in [1.29, 1.82) is 0 Å². The van der Waals surface area contributed by atoms with E-state index in [9.17, 15) is 4.79 Å². The summed E-state index contributed by atoms with van der Waals surface area (Å²) in [6, 6.07) is 10.4. The van der Waals surface area contributed by atoms with Gasteiger partial charge >= 0.3 is 0 Å². The molecule has 0 bridgehead atoms. The van der Waals surface area contributed by atoms with Crippen molar-refractivity contribution in [3.63, 3.8) is 0 Å². The van der Waals surface area contributed by atoms with Gasteiger partial charge in [-0.05, 0) is 5.56 Å². The van der Waals surface area contributed by atoms with Crippen molar-refractivity contribution in [3.05, 3.63) is 35.9 Å². The number of rotatable bonds is 4. The molecule has 17 heavy (non-hydrogen) atoms. The molecule has 2 heterocycles. The summed E-state index contributed by atoms with van der Waals surface area (Å²) in [6.45, 7) is 0.783. The van der Waals surface area contributed by atoms with Crippen molar-refractivity contribution in [1.82, 2.24) is 4.90 Å². The molecule has 3 rings (SSSR count). The first-order valence-electron chi connectivity index (χ1n) is 5.89. The minimum absolute atomic E-state index is 0.0878. The van der Waals surface area contributed by atoms with E-state index in [1.54, 1.807) is 0 Å². The van der Waals surface area contributed by atoms with Gasteiger partial charge in [-0.1, -0.05) is 30.3 Å². The summed E-state index contributed by atoms with van der Waals surface area (Å²) in [5.41, 5.74) is 1.34. The highest BCUT2D eigenvalue weighted by atomic mass is 32.2. The molecule has 3 nitrogen and oxygen atoms in total. The van der Waals surface area contributed by atoms with Gasteiger partial charge in [-0.15, -0.1) is 0 Å². The maximum atomic E-state index is 11.2. The van der Waals surface area contributed by atoms with Crippen LogP contribution in [0, 0.1) is 0 Å². The molecule has 1 aromatic rings. The Balaban J connectivity index is 1.42. The minimum atomic E-state index is 0.0878. The molecule has 2 aliphatic heterocycles. The van der Waals surface area contributed by atoms with Gasteiger partial charge in [0.05, 0.1) is 19.1 Å². The highest BCUT2D eigenvalue weighted by Crippen LogP contribution is 2.30. The van der Waals surface area contributed by atoms with Crippen LogP contribution >= 0.6 is 11.8 Å². The molecule has 2 saturated heterocycles. The van der Waals surface area contributed by atoms with Crippen molar-refractivity contribution < 1.29 is 9.53 Å². The van der Waals surface area contributed by atoms with E-state index in [0.29, 0.717) is 6.42 Å². The Morgan fingerprint density at radius 2 is 2.18 bits per heavy atom. The Morgan fingerprint density at radius 1 is 1.35 bits per heavy atom. The second-order valence-electron chi connectivity index (χ2n) is 4.46. The molecule has 1 aromatic carbocycles. The van der Waals surface area contributed by atoms with Crippen LogP contribution < -0.4 is 0 Å². The monoisotopic (exact) mass is 249 g/mol. The normalized spacial score (nSPS) is 26.8. The Bertz CT molecular complexity index is 409. The molecule has 4 heteroatoms. The van der Waals surface area contributed by atoms with Gasteiger partial charge in [-0.2, -0.15) is 11.8 Å². The largest absolute Gasteiger partial charge is 0.352 e. The number of β-lactam (4-membered cyclic amide) rings is 1. The Morgan fingerprint density at radius 3 is 2.88 bits per heavy atom. The molecule has 2 unspecified atom stereocenters. The summed E-state index contributed by atoms with van der Waals surface area (Å²) in [6.07, 6.45) is 0.893. The van der Waals surface area contributed by atoms with E-state index in [1.807, 2.05) is 22.7 Å². The minimum Gasteiger partial charge on any atom is -0.352 e. The molecule has 0 aliphatic carbocycles. The van der Waals surface area contributed by atoms with Crippen LogP contribution in [0.2, 0.25) is 0 Å². The third-order valence-corrected chi connectivity index (χ3v) is 4.33. The molecule has 0 N–H and O–H groups in total. The topological polar surface area (TPSA) is 29.5 Å². The Labute approximate surface area is 105 Å². The van der Waals surface area contributed by atoms with Gasteiger partial charge in [-0.3, -0.25) is 4.79 Å². The fourth-order valence-corrected chi connectivity index (χ4v) is 3.22. The first-order chi connectivity index (χ1) is 8.33. The summed E-state index contributed by atoms with van der Waals surface area (Å²) < 4.78 is 5.75. The van der Waals surface area contributed by atoms with Gasteiger partial charge < -0.3 is 9.64 Å². The van der Waals surface area contributed by atoms with Crippen LogP contribution in [0.1, 0.15) is 12.0 Å². The first-order valence-corrected chi connectivity index (χ1v) is 7.05. The van der Waals surface area contributed by atoms with E-state index in [4.69, 9.17) is 4.74 Å². The number of ether oxygens (including phenoxy) is 1. The zero-order valence-corrected chi connectivity index (χ0v) is 10.4. The molecule has 2 aliphatic rings. The van der Waals surface area contributed by atoms with Gasteiger partial charge in [-0.25, -0.2) is 0 Å². The van der Waals surface area contributed by atoms with E-state index in [0.717, 1.165) is 18.1 Å². The molecular weight excluding hydrogens is 234 g/mol. The van der Waals surface area contributed by atoms with Gasteiger partial charge in [0, 0.05) is 11.5 Å². The van der Waals surface area contributed by atoms with Gasteiger partial charge in [0.2, 0.25) is 5.91 Å². The number of nitrogens with zero attached hydrogens (tertiary/aromatic N) is 1. The summed E-state index contributed by atoms with van der Waals surface area (Å²) in [4.78, 5) is 13.0. The van der Waals surface area contributed by atoms with Crippen molar-refractivity contribution in [2.45, 2.75) is 24.5 Å². The fraction of sp³-hybridized carbons (Fsp3) is 0.462. The second kappa shape index (κ2) is 4.70. The standard InChI is InChI=1S/C13H15NO2S/c15-12-6-13-14(12)7-11(16-13)9-17-8-10-4-2-1-3-5-10/h1-5,11,13H,6-9H2. The molecular formula is C13H15NO2S. The molecule has 1 amide bonds. The van der Waals surface area contributed by atoms with Crippen LogP contribution in [-0.2, 0) is 15.3 Å². The van der Waals surface area contributed by atoms with Crippen LogP contribution in [-0.4, -0.2) is 35.4 Å². The van der Waals surface area contributed by atoms with Gasteiger partial charge in [0.25, 0.3) is 0 Å². The lowest BCUT2D eigenvalue weighted by molar-refractivity contribution is -0.156. The van der Waals surface area contributed by atoms with Crippen LogP contribution in [0.5, 0.6) is 0 Å². The zero-order valence-electron chi connectivity index (χ0n) is 9.54. The molecule has 2 atom stereocenters. The number of amides is 1. The summed E-state index contributed by atoms with van der Waals surface area (Å²) in [5, 5.41) is 0. The second-order valence-corrected chi connectivity index (χ2v) is 5.49. The number of thioether (sulfide) groups is 1. The molecule has 0 spiro atoms. The maximum absolute atomic E-state index is 11.2. The van der Waals surface area contributed by atoms with Crippen molar-refractivity contribution in [2.75, 3.05) is 12.3 Å². The maximum Gasteiger partial charge on any atom is 0.229 e. The lowest BCUT2D eigenvalue weighted by atomic mass is 10.2. The molecule has 0 radical (unpaired) electrons. The lowest BCUT2D eigenvalue weighted by Gasteiger charge is -2.31. The fourth-order valence-electron chi connectivity index (χ4n) is 2.22. The molecule has 90 valence electrons. The number of benzene rings is 1. The van der Waals surface area contributed by atoms with Crippen molar-refractivity contribution >= 4 is 17.7 Å². The Kier molecular flexibility index (Phi) is 3.07. The SMILES string of the molecule is O=C1CC2OC(CSCc3ccccc3)CN12. The van der Waals surface area contributed by atoms with E-state index in [1.165, 1.54) is 5.56 Å². The average Bonchev–Trinajstić information content (AvgIpc) is 2.68. The predicted octanol–water partition coefficient (Wildman–Crippen LogP) is 1.88. The highest BCUT2D eigenvalue weighted by molar-refractivity contribution is 7.98. The number of carbonyl (C=O) groups excluding carboxylic acids is 1. The zero-order chi connectivity index (χ0) is 11.7. The van der Waals surface area contributed by atoms with Crippen molar-refractivity contribution in [3.8, 4) is 0 Å². The molecule has 0 aromatic heterocycles. The predicted molar refractivity (Wildman–Crippen MR) is 67.6 cm³/mol. The van der Waals surface area contributed by atoms with Crippen LogP contribution in [0.4, 0.5) is 0 Å². The average molecular weight is 249 g/mol. The Hall–Kier alpha value is -1.00. The third-order valence-electron chi connectivity index (χ3n) is 3.18. The quantitative estimate of drug-likeness (QED) is 0.763. The van der Waals surface area contributed by atoms with E-state index < -0.39 is 0 Å². The number of hydrogen-bond acceptors (Lipinski definition) is 3. The van der Waals surface area contributed by atoms with Crippen LogP contribution in [0.15, 0.2) is 30.3 Å². The summed E-state index contributed by atoms with van der Waals surface area (Å²) >= 11 is 1.87. The number of carbonyl (C=O) groups is 1. The van der Waals surface area contributed by atoms with Crippen molar-refractivity contribution in [2.24, 2.45) is 0 Å². The smallest absolute Gasteiger partial charge is 0.229 e.